The summed E-state index contributed by atoms with van der Waals surface area (Å²) >= 11 is 0. The van der Waals surface area contributed by atoms with Gasteiger partial charge in [-0.05, 0) is 126 Å². The van der Waals surface area contributed by atoms with Gasteiger partial charge in [0.25, 0.3) is 0 Å². The quantitative estimate of drug-likeness (QED) is 0.182. The van der Waals surface area contributed by atoms with Crippen molar-refractivity contribution in [1.29, 1.82) is 0 Å². The van der Waals surface area contributed by atoms with Crippen LogP contribution in [-0.4, -0.2) is 14.2 Å². The molecule has 1 aliphatic rings. The maximum Gasteiger partial charge on any atom is 0.118 e. The molecule has 0 heterocycles. The SMILES string of the molecule is COc1ccc(C2(c3ccc(OC)cc3)c3cc(-c4ccc5ccccc5c4)ccc3-c3ccc(-c4ccc5ccccc5c4)cc32)cc1. The smallest absolute Gasteiger partial charge is 0.118 e. The molecule has 1 aliphatic carbocycles. The maximum absolute atomic E-state index is 5.65. The summed E-state index contributed by atoms with van der Waals surface area (Å²) in [6.07, 6.45) is 0. The lowest BCUT2D eigenvalue weighted by atomic mass is 9.67. The lowest BCUT2D eigenvalue weighted by molar-refractivity contribution is 0.414. The summed E-state index contributed by atoms with van der Waals surface area (Å²) in [5, 5.41) is 4.96. The Morgan fingerprint density at radius 1 is 0.347 bits per heavy atom. The average molecular weight is 631 g/mol. The summed E-state index contributed by atoms with van der Waals surface area (Å²) < 4.78 is 11.3. The van der Waals surface area contributed by atoms with E-state index in [9.17, 15) is 0 Å². The number of ether oxygens (including phenoxy) is 2. The minimum atomic E-state index is -0.594. The van der Waals surface area contributed by atoms with Gasteiger partial charge in [0.05, 0.1) is 19.6 Å². The highest BCUT2D eigenvalue weighted by Crippen LogP contribution is 2.57. The molecule has 0 amide bonds. The van der Waals surface area contributed by atoms with E-state index in [4.69, 9.17) is 9.47 Å². The van der Waals surface area contributed by atoms with Crippen LogP contribution in [0.4, 0.5) is 0 Å². The Hall–Kier alpha value is -6.12. The van der Waals surface area contributed by atoms with Crippen molar-refractivity contribution in [1.82, 2.24) is 0 Å². The number of rotatable bonds is 6. The predicted octanol–water partition coefficient (Wildman–Crippen LogP) is 11.7. The minimum absolute atomic E-state index is 0.594. The maximum atomic E-state index is 5.65. The highest BCUT2D eigenvalue weighted by atomic mass is 16.5. The molecule has 49 heavy (non-hydrogen) atoms. The molecule has 0 unspecified atom stereocenters. The molecule has 9 rings (SSSR count). The van der Waals surface area contributed by atoms with E-state index in [1.165, 1.54) is 77.2 Å². The third-order valence-electron chi connectivity index (χ3n) is 10.3. The van der Waals surface area contributed by atoms with Gasteiger partial charge < -0.3 is 9.47 Å². The van der Waals surface area contributed by atoms with Crippen LogP contribution in [0.5, 0.6) is 11.5 Å². The van der Waals surface area contributed by atoms with Gasteiger partial charge in [-0.2, -0.15) is 0 Å². The van der Waals surface area contributed by atoms with Gasteiger partial charge in [0.1, 0.15) is 11.5 Å². The monoisotopic (exact) mass is 630 g/mol. The van der Waals surface area contributed by atoms with Gasteiger partial charge in [-0.15, -0.1) is 0 Å². The fourth-order valence-corrected chi connectivity index (χ4v) is 7.89. The zero-order valence-corrected chi connectivity index (χ0v) is 27.5. The summed E-state index contributed by atoms with van der Waals surface area (Å²) in [6, 6.07) is 62.0. The van der Waals surface area contributed by atoms with Crippen LogP contribution in [0.3, 0.4) is 0 Å². The van der Waals surface area contributed by atoms with Crippen LogP contribution in [0.25, 0.3) is 54.9 Å². The second-order valence-electron chi connectivity index (χ2n) is 12.9. The summed E-state index contributed by atoms with van der Waals surface area (Å²) in [7, 11) is 3.44. The van der Waals surface area contributed by atoms with Crippen molar-refractivity contribution in [3.63, 3.8) is 0 Å². The third kappa shape index (κ3) is 4.63. The van der Waals surface area contributed by atoms with E-state index in [2.05, 4.69) is 170 Å². The Morgan fingerprint density at radius 3 is 1.12 bits per heavy atom. The molecule has 0 bridgehead atoms. The number of methoxy groups -OCH3 is 2. The molecule has 0 spiro atoms. The molecule has 0 fully saturated rings. The first kappa shape index (κ1) is 29.1. The largest absolute Gasteiger partial charge is 0.497 e. The zero-order valence-electron chi connectivity index (χ0n) is 27.5. The normalized spacial score (nSPS) is 12.9. The van der Waals surface area contributed by atoms with Crippen LogP contribution in [-0.2, 0) is 5.41 Å². The zero-order chi connectivity index (χ0) is 33.0. The predicted molar refractivity (Wildman–Crippen MR) is 203 cm³/mol. The van der Waals surface area contributed by atoms with Crippen LogP contribution < -0.4 is 9.47 Å². The van der Waals surface area contributed by atoms with Crippen molar-refractivity contribution in [2.45, 2.75) is 5.41 Å². The summed E-state index contributed by atoms with van der Waals surface area (Å²) in [4.78, 5) is 0. The molecule has 2 heteroatoms. The molecule has 234 valence electrons. The molecular weight excluding hydrogens is 597 g/mol. The van der Waals surface area contributed by atoms with Crippen LogP contribution >= 0.6 is 0 Å². The number of benzene rings is 8. The van der Waals surface area contributed by atoms with Gasteiger partial charge in [0.2, 0.25) is 0 Å². The van der Waals surface area contributed by atoms with Crippen LogP contribution in [0.15, 0.2) is 170 Å². The molecule has 0 saturated carbocycles. The standard InChI is InChI=1S/C47H34O2/c1-48-41-21-17-39(18-22-41)47(40-19-23-42(49-2)24-20-40)45-29-37(35-13-11-31-7-3-5-9-33(31)27-35)15-25-43(45)44-26-16-38(30-46(44)47)36-14-12-32-8-4-6-10-34(32)28-36/h3-30H,1-2H3. The molecule has 8 aromatic carbocycles. The number of hydrogen-bond donors (Lipinski definition) is 0. The van der Waals surface area contributed by atoms with Crippen LogP contribution in [0.2, 0.25) is 0 Å². The molecule has 2 nitrogen and oxygen atoms in total. The Labute approximate surface area is 286 Å². The van der Waals surface area contributed by atoms with E-state index >= 15 is 0 Å². The van der Waals surface area contributed by atoms with Crippen LogP contribution in [0, 0.1) is 0 Å². The molecule has 0 atom stereocenters. The van der Waals surface area contributed by atoms with Crippen molar-refractivity contribution < 1.29 is 9.47 Å². The van der Waals surface area contributed by atoms with Crippen molar-refractivity contribution in [3.8, 4) is 44.9 Å². The van der Waals surface area contributed by atoms with E-state index in [-0.39, 0.29) is 0 Å². The van der Waals surface area contributed by atoms with Gasteiger partial charge >= 0.3 is 0 Å². The van der Waals surface area contributed by atoms with E-state index in [1.54, 1.807) is 14.2 Å². The molecule has 0 aliphatic heterocycles. The lowest BCUT2D eigenvalue weighted by Gasteiger charge is -2.34. The van der Waals surface area contributed by atoms with Crippen molar-refractivity contribution in [2.75, 3.05) is 14.2 Å². The van der Waals surface area contributed by atoms with Gasteiger partial charge in [0.15, 0.2) is 0 Å². The van der Waals surface area contributed by atoms with E-state index < -0.39 is 5.41 Å². The first-order chi connectivity index (χ1) is 24.1. The lowest BCUT2D eigenvalue weighted by Crippen LogP contribution is -2.28. The van der Waals surface area contributed by atoms with Crippen molar-refractivity contribution >= 4 is 21.5 Å². The van der Waals surface area contributed by atoms with E-state index in [1.807, 2.05) is 0 Å². The topological polar surface area (TPSA) is 18.5 Å². The highest BCUT2D eigenvalue weighted by Gasteiger charge is 2.46. The van der Waals surface area contributed by atoms with Gasteiger partial charge in [-0.1, -0.05) is 121 Å². The molecule has 0 saturated heterocycles. The van der Waals surface area contributed by atoms with Gasteiger partial charge in [0, 0.05) is 0 Å². The minimum Gasteiger partial charge on any atom is -0.497 e. The molecule has 0 aromatic heterocycles. The Morgan fingerprint density at radius 2 is 0.714 bits per heavy atom. The van der Waals surface area contributed by atoms with Crippen LogP contribution in [0.1, 0.15) is 22.3 Å². The molecule has 0 N–H and O–H groups in total. The average Bonchev–Trinajstić information content (AvgIpc) is 3.47. The van der Waals surface area contributed by atoms with Gasteiger partial charge in [-0.25, -0.2) is 0 Å². The van der Waals surface area contributed by atoms with Crippen molar-refractivity contribution in [2.24, 2.45) is 0 Å². The second kappa shape index (κ2) is 11.5. The molecule has 8 aromatic rings. The van der Waals surface area contributed by atoms with Crippen molar-refractivity contribution in [3.05, 3.63) is 192 Å². The Kier molecular flexibility index (Phi) is 6.84. The first-order valence-corrected chi connectivity index (χ1v) is 16.7. The number of fused-ring (bicyclic) bond motifs is 5. The Balaban J connectivity index is 1.33. The summed E-state index contributed by atoms with van der Waals surface area (Å²) in [6.45, 7) is 0. The third-order valence-corrected chi connectivity index (χ3v) is 10.3. The fourth-order valence-electron chi connectivity index (χ4n) is 7.89. The highest BCUT2D eigenvalue weighted by molar-refractivity contribution is 5.93. The number of hydrogen-bond acceptors (Lipinski definition) is 2. The van der Waals surface area contributed by atoms with E-state index in [0.29, 0.717) is 0 Å². The summed E-state index contributed by atoms with van der Waals surface area (Å²) in [5.74, 6) is 1.67. The van der Waals surface area contributed by atoms with E-state index in [0.717, 1.165) is 11.5 Å². The first-order valence-electron chi connectivity index (χ1n) is 16.7. The second-order valence-corrected chi connectivity index (χ2v) is 12.9. The summed E-state index contributed by atoms with van der Waals surface area (Å²) in [5.41, 5.74) is 11.6. The Bertz CT molecular complexity index is 2330. The fraction of sp³-hybridized carbons (Fsp3) is 0.0638. The molecular formula is C47H34O2. The van der Waals surface area contributed by atoms with Gasteiger partial charge in [-0.3, -0.25) is 0 Å². The molecule has 0 radical (unpaired) electrons.